The predicted molar refractivity (Wildman–Crippen MR) is 77.4 cm³/mol. The average molecular weight is 275 g/mol. The van der Waals surface area contributed by atoms with E-state index in [2.05, 4.69) is 0 Å². The van der Waals surface area contributed by atoms with Gasteiger partial charge in [-0.15, -0.1) is 0 Å². The lowest BCUT2D eigenvalue weighted by Crippen LogP contribution is -2.39. The zero-order valence-corrected chi connectivity index (χ0v) is 11.5. The summed E-state index contributed by atoms with van der Waals surface area (Å²) in [5.74, 6) is -0.0517. The molecule has 1 aliphatic carbocycles. The van der Waals surface area contributed by atoms with E-state index < -0.39 is 5.91 Å². The van der Waals surface area contributed by atoms with Crippen molar-refractivity contribution in [3.05, 3.63) is 29.8 Å². The lowest BCUT2D eigenvalue weighted by molar-refractivity contribution is -0.137. The van der Waals surface area contributed by atoms with E-state index in [4.69, 9.17) is 11.5 Å². The van der Waals surface area contributed by atoms with E-state index in [1.165, 1.54) is 11.3 Å². The van der Waals surface area contributed by atoms with Crippen LogP contribution in [-0.4, -0.2) is 23.3 Å². The van der Waals surface area contributed by atoms with Gasteiger partial charge < -0.3 is 16.4 Å². The zero-order chi connectivity index (χ0) is 14.5. The summed E-state index contributed by atoms with van der Waals surface area (Å²) in [5.41, 5.74) is 12.6. The van der Waals surface area contributed by atoms with Gasteiger partial charge in [0.05, 0.1) is 6.54 Å². The first-order chi connectivity index (χ1) is 9.56. The minimum absolute atomic E-state index is 0.0169. The number of nitrogen functional groups attached to an aromatic ring is 1. The van der Waals surface area contributed by atoms with Crippen LogP contribution in [0.1, 0.15) is 31.2 Å². The van der Waals surface area contributed by atoms with E-state index in [0.717, 1.165) is 18.4 Å². The Bertz CT molecular complexity index is 498. The van der Waals surface area contributed by atoms with Crippen molar-refractivity contribution in [2.24, 2.45) is 11.7 Å². The fraction of sp³-hybridized carbons (Fsp3) is 0.467. The lowest BCUT2D eigenvalue weighted by Gasteiger charge is -2.28. The third-order valence-electron chi connectivity index (χ3n) is 3.80. The van der Waals surface area contributed by atoms with Gasteiger partial charge in [-0.2, -0.15) is 0 Å². The van der Waals surface area contributed by atoms with E-state index in [9.17, 15) is 9.59 Å². The Morgan fingerprint density at radius 3 is 2.50 bits per heavy atom. The van der Waals surface area contributed by atoms with E-state index in [-0.39, 0.29) is 12.5 Å². The van der Waals surface area contributed by atoms with Crippen LogP contribution in [0, 0.1) is 5.92 Å². The SMILES string of the molecule is NC(=O)CN(Cc1ccccc1N)C(=O)CC1CCC1. The highest BCUT2D eigenvalue weighted by molar-refractivity contribution is 5.84. The molecule has 20 heavy (non-hydrogen) atoms. The molecule has 2 amide bonds. The molecule has 5 nitrogen and oxygen atoms in total. The number of primary amides is 1. The molecule has 108 valence electrons. The third kappa shape index (κ3) is 3.73. The van der Waals surface area contributed by atoms with E-state index in [1.54, 1.807) is 6.07 Å². The molecule has 0 atom stereocenters. The number of para-hydroxylation sites is 1. The molecule has 0 unspecified atom stereocenters. The minimum Gasteiger partial charge on any atom is -0.398 e. The maximum absolute atomic E-state index is 12.3. The van der Waals surface area contributed by atoms with Crippen LogP contribution in [0.5, 0.6) is 0 Å². The molecule has 0 saturated heterocycles. The van der Waals surface area contributed by atoms with Crippen molar-refractivity contribution in [3.8, 4) is 0 Å². The molecular weight excluding hydrogens is 254 g/mol. The quantitative estimate of drug-likeness (QED) is 0.766. The van der Waals surface area contributed by atoms with Gasteiger partial charge in [0.1, 0.15) is 0 Å². The van der Waals surface area contributed by atoms with E-state index in [0.29, 0.717) is 24.6 Å². The van der Waals surface area contributed by atoms with Crippen LogP contribution in [0.25, 0.3) is 0 Å². The molecule has 4 N–H and O–H groups in total. The second-order valence-electron chi connectivity index (χ2n) is 5.42. The smallest absolute Gasteiger partial charge is 0.237 e. The van der Waals surface area contributed by atoms with Crippen LogP contribution in [0.2, 0.25) is 0 Å². The highest BCUT2D eigenvalue weighted by Gasteiger charge is 2.24. The molecule has 0 heterocycles. The summed E-state index contributed by atoms with van der Waals surface area (Å²) in [6.07, 6.45) is 3.90. The van der Waals surface area contributed by atoms with Gasteiger partial charge in [0.25, 0.3) is 0 Å². The monoisotopic (exact) mass is 275 g/mol. The summed E-state index contributed by atoms with van der Waals surface area (Å²) >= 11 is 0. The fourth-order valence-electron chi connectivity index (χ4n) is 2.38. The standard InChI is InChI=1S/C15H21N3O2/c16-13-7-2-1-6-12(13)9-18(10-14(17)19)15(20)8-11-4-3-5-11/h1-2,6-7,11H,3-5,8-10,16H2,(H2,17,19). The molecule has 0 radical (unpaired) electrons. The Morgan fingerprint density at radius 1 is 1.25 bits per heavy atom. The van der Waals surface area contributed by atoms with Gasteiger partial charge in [-0.25, -0.2) is 0 Å². The Hall–Kier alpha value is -2.04. The Labute approximate surface area is 118 Å². The molecule has 0 spiro atoms. The molecule has 1 fully saturated rings. The number of hydrogen-bond acceptors (Lipinski definition) is 3. The first-order valence-corrected chi connectivity index (χ1v) is 6.95. The van der Waals surface area contributed by atoms with Crippen LogP contribution in [-0.2, 0) is 16.1 Å². The van der Waals surface area contributed by atoms with Crippen molar-refractivity contribution >= 4 is 17.5 Å². The Morgan fingerprint density at radius 2 is 1.95 bits per heavy atom. The number of anilines is 1. The van der Waals surface area contributed by atoms with Crippen LogP contribution >= 0.6 is 0 Å². The van der Waals surface area contributed by atoms with Gasteiger partial charge in [-0.3, -0.25) is 9.59 Å². The molecule has 0 aromatic heterocycles. The van der Waals surface area contributed by atoms with Crippen molar-refractivity contribution in [2.45, 2.75) is 32.2 Å². The zero-order valence-electron chi connectivity index (χ0n) is 11.5. The maximum Gasteiger partial charge on any atom is 0.237 e. The van der Waals surface area contributed by atoms with Crippen molar-refractivity contribution in [2.75, 3.05) is 12.3 Å². The number of amides is 2. The van der Waals surface area contributed by atoms with Crippen LogP contribution in [0.3, 0.4) is 0 Å². The number of carbonyl (C=O) groups is 2. The van der Waals surface area contributed by atoms with Gasteiger partial charge in [0.15, 0.2) is 0 Å². The Kier molecular flexibility index (Phi) is 4.61. The Balaban J connectivity index is 2.04. The molecule has 2 rings (SSSR count). The van der Waals surface area contributed by atoms with Gasteiger partial charge in [-0.1, -0.05) is 24.6 Å². The first-order valence-electron chi connectivity index (χ1n) is 6.95. The lowest BCUT2D eigenvalue weighted by atomic mass is 9.82. The van der Waals surface area contributed by atoms with E-state index in [1.807, 2.05) is 18.2 Å². The number of nitrogens with two attached hydrogens (primary N) is 2. The maximum atomic E-state index is 12.3. The summed E-state index contributed by atoms with van der Waals surface area (Å²) in [4.78, 5) is 24.9. The minimum atomic E-state index is -0.499. The van der Waals surface area contributed by atoms with Crippen LogP contribution in [0.4, 0.5) is 5.69 Å². The second kappa shape index (κ2) is 6.41. The summed E-state index contributed by atoms with van der Waals surface area (Å²) < 4.78 is 0. The number of nitrogens with zero attached hydrogens (tertiary/aromatic N) is 1. The number of carbonyl (C=O) groups excluding carboxylic acids is 2. The van der Waals surface area contributed by atoms with Gasteiger partial charge >= 0.3 is 0 Å². The van der Waals surface area contributed by atoms with Crippen molar-refractivity contribution < 1.29 is 9.59 Å². The fourth-order valence-corrected chi connectivity index (χ4v) is 2.38. The average Bonchev–Trinajstić information content (AvgIpc) is 2.35. The number of hydrogen-bond donors (Lipinski definition) is 2. The topological polar surface area (TPSA) is 89.4 Å². The molecule has 1 aliphatic rings. The van der Waals surface area contributed by atoms with Crippen LogP contribution in [0.15, 0.2) is 24.3 Å². The van der Waals surface area contributed by atoms with Crippen molar-refractivity contribution in [1.29, 1.82) is 0 Å². The summed E-state index contributed by atoms with van der Waals surface area (Å²) in [6.45, 7) is 0.279. The predicted octanol–water partition coefficient (Wildman–Crippen LogP) is 1.27. The van der Waals surface area contributed by atoms with Gasteiger partial charge in [-0.05, 0) is 30.4 Å². The highest BCUT2D eigenvalue weighted by atomic mass is 16.2. The second-order valence-corrected chi connectivity index (χ2v) is 5.42. The van der Waals surface area contributed by atoms with Gasteiger partial charge in [0.2, 0.25) is 11.8 Å². The van der Waals surface area contributed by atoms with Gasteiger partial charge in [0, 0.05) is 18.7 Å². The summed E-state index contributed by atoms with van der Waals surface area (Å²) in [5, 5.41) is 0. The normalized spacial score (nSPS) is 14.6. The molecular formula is C15H21N3O2. The van der Waals surface area contributed by atoms with Crippen LogP contribution < -0.4 is 11.5 Å². The highest BCUT2D eigenvalue weighted by Crippen LogP contribution is 2.30. The van der Waals surface area contributed by atoms with Crippen molar-refractivity contribution in [3.63, 3.8) is 0 Å². The van der Waals surface area contributed by atoms with E-state index >= 15 is 0 Å². The molecule has 0 aliphatic heterocycles. The first kappa shape index (κ1) is 14.4. The number of benzene rings is 1. The summed E-state index contributed by atoms with van der Waals surface area (Å²) in [6, 6.07) is 7.35. The third-order valence-corrected chi connectivity index (χ3v) is 3.80. The number of rotatable bonds is 6. The molecule has 1 saturated carbocycles. The molecule has 1 aromatic rings. The van der Waals surface area contributed by atoms with Crippen molar-refractivity contribution in [1.82, 2.24) is 4.90 Å². The molecule has 1 aromatic carbocycles. The molecule has 0 bridgehead atoms. The largest absolute Gasteiger partial charge is 0.398 e. The molecule has 5 heteroatoms. The summed E-state index contributed by atoms with van der Waals surface area (Å²) in [7, 11) is 0.